The number of carboxylic acid groups (broad SMARTS) is 1. The second-order valence-electron chi connectivity index (χ2n) is 3.85. The summed E-state index contributed by atoms with van der Waals surface area (Å²) in [4.78, 5) is 10.3. The highest BCUT2D eigenvalue weighted by molar-refractivity contribution is 5.66. The fourth-order valence-corrected chi connectivity index (χ4v) is 1.51. The number of carboxylic acids is 1. The van der Waals surface area contributed by atoms with Crippen LogP contribution in [0.2, 0.25) is 0 Å². The summed E-state index contributed by atoms with van der Waals surface area (Å²) >= 11 is 0. The van der Waals surface area contributed by atoms with E-state index in [2.05, 4.69) is 0 Å². The van der Waals surface area contributed by atoms with Crippen LogP contribution >= 0.6 is 0 Å². The van der Waals surface area contributed by atoms with Crippen LogP contribution in [0.3, 0.4) is 0 Å². The van der Waals surface area contributed by atoms with Crippen molar-refractivity contribution in [2.45, 2.75) is 31.4 Å². The molecule has 16 heavy (non-hydrogen) atoms. The molecule has 2 unspecified atom stereocenters. The standard InChI is InChI=1S/C12H17NO3/c13-10(11(14)6-7-12(15)16)8-9-4-2-1-3-5-9/h1-5,10-11,14H,6-8,13H2,(H,15,16). The van der Waals surface area contributed by atoms with E-state index < -0.39 is 18.1 Å². The summed E-state index contributed by atoms with van der Waals surface area (Å²) in [7, 11) is 0. The molecule has 0 aliphatic rings. The molecule has 0 aromatic heterocycles. The SMILES string of the molecule is NC(Cc1ccccc1)C(O)CCC(=O)O. The molecule has 2 atom stereocenters. The fraction of sp³-hybridized carbons (Fsp3) is 0.417. The Labute approximate surface area is 94.7 Å². The fourth-order valence-electron chi connectivity index (χ4n) is 1.51. The van der Waals surface area contributed by atoms with E-state index in [4.69, 9.17) is 10.8 Å². The Kier molecular flexibility index (Phi) is 4.95. The Balaban J connectivity index is 2.39. The Bertz CT molecular complexity index is 326. The molecule has 1 aromatic rings. The summed E-state index contributed by atoms with van der Waals surface area (Å²) in [6, 6.07) is 9.18. The molecule has 4 heteroatoms. The van der Waals surface area contributed by atoms with Gasteiger partial charge >= 0.3 is 5.97 Å². The van der Waals surface area contributed by atoms with Gasteiger partial charge in [-0.1, -0.05) is 30.3 Å². The van der Waals surface area contributed by atoms with Gasteiger partial charge in [0.15, 0.2) is 0 Å². The normalized spacial score (nSPS) is 14.4. The van der Waals surface area contributed by atoms with Crippen molar-refractivity contribution in [2.75, 3.05) is 0 Å². The summed E-state index contributed by atoms with van der Waals surface area (Å²) in [6.07, 6.45) is -0.0643. The van der Waals surface area contributed by atoms with Crippen LogP contribution in [0.4, 0.5) is 0 Å². The second-order valence-corrected chi connectivity index (χ2v) is 3.85. The van der Waals surface area contributed by atoms with Crippen LogP contribution in [0.1, 0.15) is 18.4 Å². The lowest BCUT2D eigenvalue weighted by molar-refractivity contribution is -0.137. The molecule has 0 fully saturated rings. The van der Waals surface area contributed by atoms with E-state index in [-0.39, 0.29) is 12.8 Å². The van der Waals surface area contributed by atoms with Crippen LogP contribution in [-0.2, 0) is 11.2 Å². The van der Waals surface area contributed by atoms with Gasteiger partial charge in [0.2, 0.25) is 0 Å². The monoisotopic (exact) mass is 223 g/mol. The zero-order valence-corrected chi connectivity index (χ0v) is 9.04. The Morgan fingerprint density at radius 3 is 2.50 bits per heavy atom. The van der Waals surface area contributed by atoms with Crippen molar-refractivity contribution in [3.05, 3.63) is 35.9 Å². The largest absolute Gasteiger partial charge is 0.481 e. The van der Waals surface area contributed by atoms with Crippen molar-refractivity contribution in [1.82, 2.24) is 0 Å². The van der Waals surface area contributed by atoms with Crippen LogP contribution in [0, 0.1) is 0 Å². The minimum atomic E-state index is -0.911. The van der Waals surface area contributed by atoms with Gasteiger partial charge in [-0.2, -0.15) is 0 Å². The van der Waals surface area contributed by atoms with Gasteiger partial charge in [0, 0.05) is 12.5 Å². The maximum atomic E-state index is 10.3. The predicted octanol–water partition coefficient (Wildman–Crippen LogP) is 0.782. The maximum Gasteiger partial charge on any atom is 0.303 e. The van der Waals surface area contributed by atoms with E-state index in [1.54, 1.807) is 0 Å². The molecule has 0 heterocycles. The molecule has 0 amide bonds. The van der Waals surface area contributed by atoms with Gasteiger partial charge in [0.25, 0.3) is 0 Å². The van der Waals surface area contributed by atoms with Crippen LogP contribution in [0.25, 0.3) is 0 Å². The summed E-state index contributed by atoms with van der Waals surface area (Å²) < 4.78 is 0. The van der Waals surface area contributed by atoms with Gasteiger partial charge in [-0.25, -0.2) is 0 Å². The molecule has 0 spiro atoms. The lowest BCUT2D eigenvalue weighted by atomic mass is 9.99. The molecule has 0 radical (unpaired) electrons. The molecule has 1 aromatic carbocycles. The van der Waals surface area contributed by atoms with Crippen molar-refractivity contribution in [3.8, 4) is 0 Å². The van der Waals surface area contributed by atoms with Gasteiger partial charge in [0.05, 0.1) is 6.10 Å². The highest BCUT2D eigenvalue weighted by Crippen LogP contribution is 2.08. The minimum Gasteiger partial charge on any atom is -0.481 e. The molecule has 88 valence electrons. The molecule has 4 nitrogen and oxygen atoms in total. The average Bonchev–Trinajstić information content (AvgIpc) is 2.27. The number of aliphatic hydroxyl groups is 1. The molecule has 4 N–H and O–H groups in total. The number of hydrogen-bond acceptors (Lipinski definition) is 3. The molecule has 0 saturated heterocycles. The molecular formula is C12H17NO3. The Hall–Kier alpha value is -1.39. The first-order valence-corrected chi connectivity index (χ1v) is 5.29. The van der Waals surface area contributed by atoms with Gasteiger partial charge in [-0.05, 0) is 18.4 Å². The van der Waals surface area contributed by atoms with Crippen LogP contribution in [0.15, 0.2) is 30.3 Å². The number of nitrogens with two attached hydrogens (primary N) is 1. The molecule has 0 saturated carbocycles. The minimum absolute atomic E-state index is 0.0519. The third-order valence-electron chi connectivity index (χ3n) is 2.46. The van der Waals surface area contributed by atoms with E-state index in [1.807, 2.05) is 30.3 Å². The Morgan fingerprint density at radius 2 is 1.94 bits per heavy atom. The lowest BCUT2D eigenvalue weighted by Gasteiger charge is -2.18. The third-order valence-corrected chi connectivity index (χ3v) is 2.46. The van der Waals surface area contributed by atoms with Crippen molar-refractivity contribution in [1.29, 1.82) is 0 Å². The Morgan fingerprint density at radius 1 is 1.31 bits per heavy atom. The number of rotatable bonds is 6. The highest BCUT2D eigenvalue weighted by Gasteiger charge is 2.16. The molecule has 0 bridgehead atoms. The van der Waals surface area contributed by atoms with Gasteiger partial charge in [-0.15, -0.1) is 0 Å². The van der Waals surface area contributed by atoms with E-state index >= 15 is 0 Å². The lowest BCUT2D eigenvalue weighted by Crippen LogP contribution is -2.36. The predicted molar refractivity (Wildman–Crippen MR) is 61.0 cm³/mol. The van der Waals surface area contributed by atoms with Gasteiger partial charge in [0.1, 0.15) is 0 Å². The maximum absolute atomic E-state index is 10.3. The zero-order chi connectivity index (χ0) is 12.0. The first-order chi connectivity index (χ1) is 7.59. The smallest absolute Gasteiger partial charge is 0.303 e. The quantitative estimate of drug-likeness (QED) is 0.665. The molecular weight excluding hydrogens is 206 g/mol. The molecule has 0 aliphatic heterocycles. The molecule has 1 rings (SSSR count). The van der Waals surface area contributed by atoms with Gasteiger partial charge in [-0.3, -0.25) is 4.79 Å². The van der Waals surface area contributed by atoms with Crippen molar-refractivity contribution >= 4 is 5.97 Å². The number of aliphatic carboxylic acids is 1. The first kappa shape index (κ1) is 12.7. The van der Waals surface area contributed by atoms with Gasteiger partial charge < -0.3 is 15.9 Å². The molecule has 0 aliphatic carbocycles. The van der Waals surface area contributed by atoms with Crippen LogP contribution < -0.4 is 5.73 Å². The average molecular weight is 223 g/mol. The van der Waals surface area contributed by atoms with E-state index in [0.717, 1.165) is 5.56 Å². The highest BCUT2D eigenvalue weighted by atomic mass is 16.4. The number of hydrogen-bond donors (Lipinski definition) is 3. The van der Waals surface area contributed by atoms with Crippen LogP contribution in [0.5, 0.6) is 0 Å². The van der Waals surface area contributed by atoms with E-state index in [9.17, 15) is 9.90 Å². The zero-order valence-electron chi connectivity index (χ0n) is 9.04. The number of carbonyl (C=O) groups is 1. The summed E-state index contributed by atoms with van der Waals surface area (Å²) in [5, 5.41) is 18.1. The van der Waals surface area contributed by atoms with Crippen molar-refractivity contribution in [2.24, 2.45) is 5.73 Å². The topological polar surface area (TPSA) is 83.5 Å². The van der Waals surface area contributed by atoms with E-state index in [1.165, 1.54) is 0 Å². The first-order valence-electron chi connectivity index (χ1n) is 5.29. The second kappa shape index (κ2) is 6.25. The van der Waals surface area contributed by atoms with Crippen LogP contribution in [-0.4, -0.2) is 28.3 Å². The van der Waals surface area contributed by atoms with Crippen molar-refractivity contribution < 1.29 is 15.0 Å². The third kappa shape index (κ3) is 4.42. The summed E-state index contributed by atoms with van der Waals surface area (Å²) in [6.45, 7) is 0. The summed E-state index contributed by atoms with van der Waals surface area (Å²) in [5.74, 6) is -0.911. The summed E-state index contributed by atoms with van der Waals surface area (Å²) in [5.41, 5.74) is 6.84. The van der Waals surface area contributed by atoms with Crippen molar-refractivity contribution in [3.63, 3.8) is 0 Å². The number of benzene rings is 1. The van der Waals surface area contributed by atoms with E-state index in [0.29, 0.717) is 6.42 Å². The number of aliphatic hydroxyl groups excluding tert-OH is 1.